The molecule has 0 amide bonds. The monoisotopic (exact) mass is 159 g/mol. The first-order valence-electron chi connectivity index (χ1n) is 4.42. The van der Waals surface area contributed by atoms with Crippen molar-refractivity contribution in [2.45, 2.75) is 39.7 Å². The fourth-order valence-corrected chi connectivity index (χ4v) is 1.22. The highest BCUT2D eigenvalue weighted by atomic mass is 16.3. The number of hydrogen-bond donors (Lipinski definition) is 2. The van der Waals surface area contributed by atoms with Crippen LogP contribution in [0, 0.1) is 5.92 Å². The first-order chi connectivity index (χ1) is 5.06. The van der Waals surface area contributed by atoms with Crippen LogP contribution in [-0.4, -0.2) is 23.8 Å². The second kappa shape index (κ2) is 4.73. The summed E-state index contributed by atoms with van der Waals surface area (Å²) in [7, 11) is 0. The van der Waals surface area contributed by atoms with Crippen molar-refractivity contribution in [3.63, 3.8) is 0 Å². The molecule has 11 heavy (non-hydrogen) atoms. The zero-order chi connectivity index (χ0) is 8.91. The number of nitrogens with one attached hydrogen (secondary N) is 1. The van der Waals surface area contributed by atoms with Gasteiger partial charge in [0, 0.05) is 12.1 Å². The third kappa shape index (κ3) is 3.21. The normalized spacial score (nSPS) is 16.9. The smallest absolute Gasteiger partial charge is 0.0448 e. The van der Waals surface area contributed by atoms with Gasteiger partial charge >= 0.3 is 0 Å². The predicted octanol–water partition coefficient (Wildman–Crippen LogP) is 1.39. The van der Waals surface area contributed by atoms with Crippen molar-refractivity contribution in [2.75, 3.05) is 13.2 Å². The number of aliphatic hydroxyl groups excluding tert-OH is 1. The summed E-state index contributed by atoms with van der Waals surface area (Å²) in [5.41, 5.74) is 0.101. The van der Waals surface area contributed by atoms with Crippen LogP contribution in [-0.2, 0) is 0 Å². The number of aliphatic hydroxyl groups is 1. The van der Waals surface area contributed by atoms with E-state index in [2.05, 4.69) is 33.0 Å². The molecule has 0 heterocycles. The van der Waals surface area contributed by atoms with Gasteiger partial charge in [-0.25, -0.2) is 0 Å². The Bertz CT molecular complexity index is 95.7. The summed E-state index contributed by atoms with van der Waals surface area (Å²) < 4.78 is 0. The van der Waals surface area contributed by atoms with Crippen LogP contribution in [0.3, 0.4) is 0 Å². The molecule has 1 atom stereocenters. The maximum Gasteiger partial charge on any atom is 0.0448 e. The molecule has 68 valence electrons. The summed E-state index contributed by atoms with van der Waals surface area (Å²) in [5, 5.41) is 12.2. The fourth-order valence-electron chi connectivity index (χ4n) is 1.22. The van der Waals surface area contributed by atoms with E-state index in [0.717, 1.165) is 13.0 Å². The Hall–Kier alpha value is -0.0800. The lowest BCUT2D eigenvalue weighted by atomic mass is 9.85. The molecule has 1 unspecified atom stereocenters. The highest BCUT2D eigenvalue weighted by molar-refractivity contribution is 4.85. The van der Waals surface area contributed by atoms with Crippen molar-refractivity contribution in [1.82, 2.24) is 5.32 Å². The highest BCUT2D eigenvalue weighted by Gasteiger charge is 2.25. The highest BCUT2D eigenvalue weighted by Crippen LogP contribution is 2.19. The lowest BCUT2D eigenvalue weighted by Gasteiger charge is -2.34. The Labute approximate surface area is 70.0 Å². The maximum atomic E-state index is 8.84. The minimum atomic E-state index is 0.101. The SMILES string of the molecule is CCNC(C)(CCO)C(C)C. The Morgan fingerprint density at radius 2 is 2.00 bits per heavy atom. The zero-order valence-electron chi connectivity index (χ0n) is 8.15. The summed E-state index contributed by atoms with van der Waals surface area (Å²) >= 11 is 0. The van der Waals surface area contributed by atoms with Crippen LogP contribution in [0.2, 0.25) is 0 Å². The van der Waals surface area contributed by atoms with Gasteiger partial charge in [0.2, 0.25) is 0 Å². The average Bonchev–Trinajstić information content (AvgIpc) is 1.88. The van der Waals surface area contributed by atoms with E-state index >= 15 is 0 Å². The standard InChI is InChI=1S/C9H21NO/c1-5-10-9(4,6-7-11)8(2)3/h8,10-11H,5-7H2,1-4H3. The molecule has 2 heteroatoms. The lowest BCUT2D eigenvalue weighted by molar-refractivity contribution is 0.182. The molecule has 0 aromatic carbocycles. The van der Waals surface area contributed by atoms with Gasteiger partial charge in [0.1, 0.15) is 0 Å². The third-order valence-corrected chi connectivity index (χ3v) is 2.49. The van der Waals surface area contributed by atoms with E-state index < -0.39 is 0 Å². The van der Waals surface area contributed by atoms with Crippen LogP contribution >= 0.6 is 0 Å². The van der Waals surface area contributed by atoms with E-state index in [-0.39, 0.29) is 12.1 Å². The molecule has 2 nitrogen and oxygen atoms in total. The second-order valence-electron chi connectivity index (χ2n) is 3.58. The largest absolute Gasteiger partial charge is 0.396 e. The van der Waals surface area contributed by atoms with E-state index in [1.165, 1.54) is 0 Å². The van der Waals surface area contributed by atoms with Crippen LogP contribution < -0.4 is 5.32 Å². The molecule has 0 rings (SSSR count). The van der Waals surface area contributed by atoms with Crippen LogP contribution in [0.1, 0.15) is 34.1 Å². The lowest BCUT2D eigenvalue weighted by Crippen LogP contribution is -2.47. The Morgan fingerprint density at radius 1 is 1.45 bits per heavy atom. The van der Waals surface area contributed by atoms with E-state index in [4.69, 9.17) is 5.11 Å². The molecule has 0 saturated heterocycles. The molecule has 0 bridgehead atoms. The molecule has 0 aliphatic rings. The third-order valence-electron chi connectivity index (χ3n) is 2.49. The van der Waals surface area contributed by atoms with Crippen molar-refractivity contribution in [1.29, 1.82) is 0 Å². The summed E-state index contributed by atoms with van der Waals surface area (Å²) in [5.74, 6) is 0.564. The fraction of sp³-hybridized carbons (Fsp3) is 1.00. The molecule has 0 spiro atoms. The molecule has 0 radical (unpaired) electrons. The zero-order valence-corrected chi connectivity index (χ0v) is 8.15. The van der Waals surface area contributed by atoms with E-state index in [0.29, 0.717) is 5.92 Å². The molecule has 0 aromatic heterocycles. The van der Waals surface area contributed by atoms with Gasteiger partial charge in [0.15, 0.2) is 0 Å². The Morgan fingerprint density at radius 3 is 2.27 bits per heavy atom. The predicted molar refractivity (Wildman–Crippen MR) is 48.6 cm³/mol. The van der Waals surface area contributed by atoms with E-state index in [1.807, 2.05) is 0 Å². The molecule has 0 fully saturated rings. The Balaban J connectivity index is 4.01. The van der Waals surface area contributed by atoms with Gasteiger partial charge in [0.05, 0.1) is 0 Å². The molecule has 0 saturated carbocycles. The summed E-state index contributed by atoms with van der Waals surface area (Å²) in [4.78, 5) is 0. The summed E-state index contributed by atoms with van der Waals surface area (Å²) in [6.45, 7) is 9.85. The van der Waals surface area contributed by atoms with Gasteiger partial charge in [-0.2, -0.15) is 0 Å². The van der Waals surface area contributed by atoms with Crippen molar-refractivity contribution in [3.8, 4) is 0 Å². The van der Waals surface area contributed by atoms with Crippen molar-refractivity contribution >= 4 is 0 Å². The van der Waals surface area contributed by atoms with Gasteiger partial charge in [-0.15, -0.1) is 0 Å². The van der Waals surface area contributed by atoms with Gasteiger partial charge < -0.3 is 10.4 Å². The summed E-state index contributed by atoms with van der Waals surface area (Å²) in [6, 6.07) is 0. The minimum absolute atomic E-state index is 0.101. The van der Waals surface area contributed by atoms with Gasteiger partial charge in [0.25, 0.3) is 0 Å². The minimum Gasteiger partial charge on any atom is -0.396 e. The molecule has 0 aliphatic heterocycles. The van der Waals surface area contributed by atoms with Crippen LogP contribution in [0.15, 0.2) is 0 Å². The topological polar surface area (TPSA) is 32.3 Å². The summed E-state index contributed by atoms with van der Waals surface area (Å²) in [6.07, 6.45) is 0.832. The quantitative estimate of drug-likeness (QED) is 0.635. The van der Waals surface area contributed by atoms with Gasteiger partial charge in [-0.3, -0.25) is 0 Å². The average molecular weight is 159 g/mol. The van der Waals surface area contributed by atoms with E-state index in [9.17, 15) is 0 Å². The molecular weight excluding hydrogens is 138 g/mol. The first kappa shape index (κ1) is 10.9. The van der Waals surface area contributed by atoms with Crippen molar-refractivity contribution < 1.29 is 5.11 Å². The maximum absolute atomic E-state index is 8.84. The van der Waals surface area contributed by atoms with Gasteiger partial charge in [-0.05, 0) is 25.8 Å². The molecule has 2 N–H and O–H groups in total. The molecular formula is C9H21NO. The first-order valence-corrected chi connectivity index (χ1v) is 4.42. The van der Waals surface area contributed by atoms with Gasteiger partial charge in [-0.1, -0.05) is 20.8 Å². The van der Waals surface area contributed by atoms with Crippen molar-refractivity contribution in [3.05, 3.63) is 0 Å². The van der Waals surface area contributed by atoms with E-state index in [1.54, 1.807) is 0 Å². The van der Waals surface area contributed by atoms with Crippen LogP contribution in [0.4, 0.5) is 0 Å². The second-order valence-corrected chi connectivity index (χ2v) is 3.58. The van der Waals surface area contributed by atoms with Crippen LogP contribution in [0.25, 0.3) is 0 Å². The Kier molecular flexibility index (Phi) is 4.69. The molecule has 0 aromatic rings. The van der Waals surface area contributed by atoms with Crippen LogP contribution in [0.5, 0.6) is 0 Å². The number of rotatable bonds is 5. The van der Waals surface area contributed by atoms with Crippen molar-refractivity contribution in [2.24, 2.45) is 5.92 Å². The molecule has 0 aliphatic carbocycles. The number of hydrogen-bond acceptors (Lipinski definition) is 2.